The summed E-state index contributed by atoms with van der Waals surface area (Å²) in [5, 5.41) is 13.4. The number of rotatable bonds is 4. The van der Waals surface area contributed by atoms with Crippen LogP contribution < -0.4 is 5.32 Å². The van der Waals surface area contributed by atoms with E-state index in [0.29, 0.717) is 0 Å². The van der Waals surface area contributed by atoms with Crippen LogP contribution in [-0.4, -0.2) is 23.0 Å². The van der Waals surface area contributed by atoms with Crippen LogP contribution in [0.1, 0.15) is 38.8 Å². The fraction of sp³-hybridized carbons (Fsp3) is 0.350. The van der Waals surface area contributed by atoms with Crippen molar-refractivity contribution in [2.75, 3.05) is 0 Å². The van der Waals surface area contributed by atoms with E-state index < -0.39 is 23.3 Å². The van der Waals surface area contributed by atoms with Gasteiger partial charge in [0.2, 0.25) is 0 Å². The molecule has 2 rings (SSSR count). The van der Waals surface area contributed by atoms with Crippen LogP contribution in [-0.2, 0) is 10.2 Å². The number of carbonyl (C=O) groups excluding carboxylic acids is 1. The summed E-state index contributed by atoms with van der Waals surface area (Å²) in [4.78, 5) is 12.1. The Kier molecular flexibility index (Phi) is 5.30. The minimum Gasteiger partial charge on any atom is -0.444 e. The van der Waals surface area contributed by atoms with Gasteiger partial charge in [0, 0.05) is 0 Å². The lowest BCUT2D eigenvalue weighted by molar-refractivity contribution is 0.0230. The molecule has 0 bridgehead atoms. The number of hydrogen-bond donors (Lipinski definition) is 2. The predicted octanol–water partition coefficient (Wildman–Crippen LogP) is 3.84. The summed E-state index contributed by atoms with van der Waals surface area (Å²) in [6.07, 6.45) is -1.79. The lowest BCUT2D eigenvalue weighted by atomic mass is 9.74. The van der Waals surface area contributed by atoms with Gasteiger partial charge in [-0.2, -0.15) is 0 Å². The number of aliphatic hydroxyl groups is 1. The minimum atomic E-state index is -1.14. The van der Waals surface area contributed by atoms with Crippen molar-refractivity contribution in [2.45, 2.75) is 44.9 Å². The van der Waals surface area contributed by atoms with E-state index in [-0.39, 0.29) is 0 Å². The molecule has 0 fully saturated rings. The molecule has 1 amide bonds. The molecule has 1 unspecified atom stereocenters. The van der Waals surface area contributed by atoms with Crippen LogP contribution in [0.25, 0.3) is 0 Å². The Labute approximate surface area is 143 Å². The summed E-state index contributed by atoms with van der Waals surface area (Å²) < 4.78 is 5.27. The third-order valence-electron chi connectivity index (χ3n) is 3.95. The highest BCUT2D eigenvalue weighted by Crippen LogP contribution is 2.34. The van der Waals surface area contributed by atoms with Crippen LogP contribution in [0.5, 0.6) is 0 Å². The monoisotopic (exact) mass is 327 g/mol. The SMILES string of the molecule is CC(C)(C)OC(=O)NC(O)C(C)(c1ccccc1)c1ccccc1. The average Bonchev–Trinajstić information content (AvgIpc) is 2.53. The van der Waals surface area contributed by atoms with E-state index >= 15 is 0 Å². The first kappa shape index (κ1) is 18.0. The Morgan fingerprint density at radius 2 is 1.33 bits per heavy atom. The molecule has 0 aliphatic carbocycles. The molecule has 0 saturated carbocycles. The zero-order valence-electron chi connectivity index (χ0n) is 14.6. The summed E-state index contributed by atoms with van der Waals surface area (Å²) in [6.45, 7) is 7.26. The fourth-order valence-corrected chi connectivity index (χ4v) is 2.61. The van der Waals surface area contributed by atoms with E-state index in [2.05, 4.69) is 5.32 Å². The molecule has 128 valence electrons. The topological polar surface area (TPSA) is 58.6 Å². The summed E-state index contributed by atoms with van der Waals surface area (Å²) in [5.74, 6) is 0. The third-order valence-corrected chi connectivity index (χ3v) is 3.95. The molecule has 0 aliphatic rings. The van der Waals surface area contributed by atoms with Gasteiger partial charge in [0.25, 0.3) is 0 Å². The van der Waals surface area contributed by atoms with Gasteiger partial charge in [-0.05, 0) is 38.8 Å². The van der Waals surface area contributed by atoms with Gasteiger partial charge in [0.05, 0.1) is 5.41 Å². The molecule has 0 spiro atoms. The first-order chi connectivity index (χ1) is 11.2. The maximum absolute atomic E-state index is 12.1. The van der Waals surface area contributed by atoms with Crippen LogP contribution in [0.2, 0.25) is 0 Å². The maximum atomic E-state index is 12.1. The second-order valence-corrected chi connectivity index (χ2v) is 6.98. The van der Waals surface area contributed by atoms with E-state index in [1.54, 1.807) is 20.8 Å². The average molecular weight is 327 g/mol. The van der Waals surface area contributed by atoms with Gasteiger partial charge in [-0.3, -0.25) is 5.32 Å². The molecular weight excluding hydrogens is 302 g/mol. The number of hydrogen-bond acceptors (Lipinski definition) is 3. The molecule has 0 saturated heterocycles. The Balaban J connectivity index is 2.35. The highest BCUT2D eigenvalue weighted by molar-refractivity contribution is 5.68. The third kappa shape index (κ3) is 4.15. The Hall–Kier alpha value is -2.33. The molecule has 4 heteroatoms. The molecule has 0 radical (unpaired) electrons. The van der Waals surface area contributed by atoms with Crippen molar-refractivity contribution in [3.63, 3.8) is 0 Å². The van der Waals surface area contributed by atoms with Crippen molar-refractivity contribution in [3.05, 3.63) is 71.8 Å². The van der Waals surface area contributed by atoms with Crippen LogP contribution >= 0.6 is 0 Å². The number of nitrogens with one attached hydrogen (secondary N) is 1. The van der Waals surface area contributed by atoms with Gasteiger partial charge in [0.1, 0.15) is 11.8 Å². The van der Waals surface area contributed by atoms with Gasteiger partial charge in [-0.25, -0.2) is 4.79 Å². The smallest absolute Gasteiger partial charge is 0.409 e. The van der Waals surface area contributed by atoms with Gasteiger partial charge in [0.15, 0.2) is 0 Å². The molecule has 24 heavy (non-hydrogen) atoms. The first-order valence-corrected chi connectivity index (χ1v) is 8.02. The molecule has 0 heterocycles. The van der Waals surface area contributed by atoms with Gasteiger partial charge >= 0.3 is 6.09 Å². The summed E-state index contributed by atoms with van der Waals surface area (Å²) in [5.41, 5.74) is 0.374. The largest absolute Gasteiger partial charge is 0.444 e. The number of amides is 1. The molecule has 0 aromatic heterocycles. The standard InChI is InChI=1S/C20H25NO3/c1-19(2,3)24-18(23)21-17(22)20(4,15-11-7-5-8-12-15)16-13-9-6-10-14-16/h5-14,17,22H,1-4H3,(H,21,23). The molecule has 2 N–H and O–H groups in total. The zero-order valence-corrected chi connectivity index (χ0v) is 14.6. The Bertz CT molecular complexity index is 623. The first-order valence-electron chi connectivity index (χ1n) is 8.02. The quantitative estimate of drug-likeness (QED) is 0.839. The number of aliphatic hydroxyl groups excluding tert-OH is 1. The maximum Gasteiger partial charge on any atom is 0.409 e. The second-order valence-electron chi connectivity index (χ2n) is 6.98. The van der Waals surface area contributed by atoms with Gasteiger partial charge < -0.3 is 9.84 Å². The highest BCUT2D eigenvalue weighted by Gasteiger charge is 2.38. The van der Waals surface area contributed by atoms with E-state index in [0.717, 1.165) is 11.1 Å². The molecule has 4 nitrogen and oxygen atoms in total. The fourth-order valence-electron chi connectivity index (χ4n) is 2.61. The molecule has 1 atom stereocenters. The van der Waals surface area contributed by atoms with Crippen LogP contribution in [0.4, 0.5) is 4.79 Å². The summed E-state index contributed by atoms with van der Waals surface area (Å²) in [6, 6.07) is 19.2. The van der Waals surface area contributed by atoms with Crippen molar-refractivity contribution in [3.8, 4) is 0 Å². The van der Waals surface area contributed by atoms with Crippen molar-refractivity contribution in [2.24, 2.45) is 0 Å². The summed E-state index contributed by atoms with van der Waals surface area (Å²) >= 11 is 0. The van der Waals surface area contributed by atoms with Gasteiger partial charge in [-0.1, -0.05) is 60.7 Å². The van der Waals surface area contributed by atoms with Crippen molar-refractivity contribution in [1.82, 2.24) is 5.32 Å². The minimum absolute atomic E-state index is 0.625. The van der Waals surface area contributed by atoms with Crippen LogP contribution in [0.15, 0.2) is 60.7 Å². The van der Waals surface area contributed by atoms with E-state index in [9.17, 15) is 9.90 Å². The lowest BCUT2D eigenvalue weighted by Gasteiger charge is -2.36. The molecule has 0 aliphatic heterocycles. The predicted molar refractivity (Wildman–Crippen MR) is 94.7 cm³/mol. The second kappa shape index (κ2) is 7.05. The number of ether oxygens (including phenoxy) is 1. The lowest BCUT2D eigenvalue weighted by Crippen LogP contribution is -2.50. The van der Waals surface area contributed by atoms with E-state index in [1.165, 1.54) is 0 Å². The van der Waals surface area contributed by atoms with Crippen molar-refractivity contribution in [1.29, 1.82) is 0 Å². The molecule has 2 aromatic carbocycles. The van der Waals surface area contributed by atoms with Crippen molar-refractivity contribution >= 4 is 6.09 Å². The van der Waals surface area contributed by atoms with Gasteiger partial charge in [-0.15, -0.1) is 0 Å². The summed E-state index contributed by atoms with van der Waals surface area (Å²) in [7, 11) is 0. The van der Waals surface area contributed by atoms with E-state index in [1.807, 2.05) is 67.6 Å². The number of alkyl carbamates (subject to hydrolysis) is 1. The van der Waals surface area contributed by atoms with E-state index in [4.69, 9.17) is 4.74 Å². The highest BCUT2D eigenvalue weighted by atomic mass is 16.6. The Morgan fingerprint density at radius 3 is 1.71 bits per heavy atom. The number of benzene rings is 2. The molecular formula is C20H25NO3. The zero-order chi connectivity index (χ0) is 17.8. The van der Waals surface area contributed by atoms with Crippen LogP contribution in [0, 0.1) is 0 Å². The normalized spacial score (nSPS) is 13.2. The number of carbonyl (C=O) groups is 1. The van der Waals surface area contributed by atoms with Crippen molar-refractivity contribution < 1.29 is 14.6 Å². The van der Waals surface area contributed by atoms with Crippen LogP contribution in [0.3, 0.4) is 0 Å². The molecule has 2 aromatic rings. The Morgan fingerprint density at radius 1 is 0.917 bits per heavy atom.